The monoisotopic (exact) mass is 1190 g/mol. The molecule has 2 atom stereocenters. The molecule has 85 heavy (non-hydrogen) atoms. The van der Waals surface area contributed by atoms with Crippen molar-refractivity contribution in [3.8, 4) is 0 Å². The van der Waals surface area contributed by atoms with Crippen molar-refractivity contribution < 1.29 is 42.9 Å². The fourth-order valence-corrected chi connectivity index (χ4v) is 10.4. The van der Waals surface area contributed by atoms with Gasteiger partial charge in [-0.3, -0.25) is 9.59 Å². The Hall–Kier alpha value is -3.27. The summed E-state index contributed by atoms with van der Waals surface area (Å²) in [5.41, 5.74) is 0. The molecule has 0 heterocycles. The number of likely N-dealkylation sites (N-methyl/N-ethyl adjacent to an activating group) is 1. The molecule has 1 N–H and O–H groups in total. The van der Waals surface area contributed by atoms with Gasteiger partial charge in [0.15, 0.2) is 6.10 Å². The molecule has 0 bridgehead atoms. The molecule has 0 aromatic carbocycles. The van der Waals surface area contributed by atoms with E-state index in [-0.39, 0.29) is 38.6 Å². The summed E-state index contributed by atoms with van der Waals surface area (Å²) in [6.07, 6.45) is 86.1. The molecule has 9 heteroatoms. The Morgan fingerprint density at radius 1 is 0.353 bits per heavy atom. The second-order valence-corrected chi connectivity index (χ2v) is 25.5. The summed E-state index contributed by atoms with van der Waals surface area (Å²) in [5, 5.41) is 9.74. The zero-order valence-electron chi connectivity index (χ0n) is 56.5. The quantitative estimate of drug-likeness (QED) is 0.0211. The normalized spacial score (nSPS) is 13.1. The number of carboxylic acid groups (broad SMARTS) is 1. The van der Waals surface area contributed by atoms with Crippen molar-refractivity contribution in [2.75, 3.05) is 47.5 Å². The minimum atomic E-state index is -1.51. The summed E-state index contributed by atoms with van der Waals surface area (Å²) in [6.45, 7) is 4.86. The molecule has 0 rings (SSSR count). The smallest absolute Gasteiger partial charge is 0.361 e. The van der Waals surface area contributed by atoms with E-state index in [1.807, 2.05) is 21.1 Å². The third-order valence-corrected chi connectivity index (χ3v) is 15.9. The van der Waals surface area contributed by atoms with Crippen LogP contribution in [0.2, 0.25) is 0 Å². The van der Waals surface area contributed by atoms with Gasteiger partial charge in [0, 0.05) is 12.8 Å². The summed E-state index contributed by atoms with van der Waals surface area (Å²) in [4.78, 5) is 37.6. The topological polar surface area (TPSA) is 108 Å². The highest BCUT2D eigenvalue weighted by Gasteiger charge is 2.25. The highest BCUT2D eigenvalue weighted by atomic mass is 16.7. The van der Waals surface area contributed by atoms with Gasteiger partial charge in [0.1, 0.15) is 13.2 Å². The lowest BCUT2D eigenvalue weighted by Gasteiger charge is -2.25. The first-order valence-electron chi connectivity index (χ1n) is 36.1. The maximum absolute atomic E-state index is 12.9. The molecule has 0 aromatic heterocycles. The number of unbranched alkanes of at least 4 members (excludes halogenated alkanes) is 40. The first-order valence-corrected chi connectivity index (χ1v) is 36.1. The summed E-state index contributed by atoms with van der Waals surface area (Å²) < 4.78 is 23.0. The molecule has 0 fully saturated rings. The van der Waals surface area contributed by atoms with Gasteiger partial charge >= 0.3 is 17.9 Å². The van der Waals surface area contributed by atoms with Gasteiger partial charge in [-0.1, -0.05) is 305 Å². The van der Waals surface area contributed by atoms with Gasteiger partial charge in [0.05, 0.1) is 34.4 Å². The van der Waals surface area contributed by atoms with Gasteiger partial charge in [0.25, 0.3) is 6.29 Å². The highest BCUT2D eigenvalue weighted by Crippen LogP contribution is 2.18. The Balaban J connectivity index is 3.97. The van der Waals surface area contributed by atoms with E-state index in [9.17, 15) is 19.5 Å². The van der Waals surface area contributed by atoms with Gasteiger partial charge < -0.3 is 28.5 Å². The summed E-state index contributed by atoms with van der Waals surface area (Å²) in [6, 6.07) is 0. The van der Waals surface area contributed by atoms with Crippen molar-refractivity contribution >= 4 is 17.9 Å². The Labute approximate surface area is 526 Å². The van der Waals surface area contributed by atoms with E-state index in [0.717, 1.165) is 77.0 Å². The van der Waals surface area contributed by atoms with Gasteiger partial charge in [-0.05, 0) is 89.9 Å². The maximum atomic E-state index is 12.9. The maximum Gasteiger partial charge on any atom is 0.361 e. The number of hydrogen-bond donors (Lipinski definition) is 1. The second kappa shape index (κ2) is 66.7. The van der Waals surface area contributed by atoms with Crippen LogP contribution in [-0.4, -0.2) is 87.4 Å². The van der Waals surface area contributed by atoms with Gasteiger partial charge in [-0.15, -0.1) is 0 Å². The second-order valence-electron chi connectivity index (χ2n) is 25.5. The number of hydrogen-bond acceptors (Lipinski definition) is 7. The lowest BCUT2D eigenvalue weighted by Crippen LogP contribution is -2.40. The number of carbonyl (C=O) groups excluding carboxylic acids is 2. The number of allylic oxidation sites excluding steroid dienone is 12. The number of carbonyl (C=O) groups is 3. The van der Waals surface area contributed by atoms with E-state index in [4.69, 9.17) is 18.9 Å². The van der Waals surface area contributed by atoms with Crippen LogP contribution in [0.4, 0.5) is 0 Å². The molecule has 2 unspecified atom stereocenters. The van der Waals surface area contributed by atoms with E-state index in [1.165, 1.54) is 231 Å². The standard InChI is InChI=1S/C76H137NO8/c1-6-8-10-12-14-16-18-20-22-24-26-27-28-29-30-31-32-33-34-35-36-37-38-39-40-41-42-43-44-45-46-47-49-51-53-55-57-59-61-63-65-67-74(79)85-72(71-84-76(75(80)81)82-69-68-77(3,4)5)70-83-73(78)66-64-62-60-58-56-54-52-50-48-25-23-21-19-17-15-13-11-9-7-2/h15,17-18,20-21,23-24,26,28-29,48,50,72,76H,6-14,16,19,22,25,27,30-47,49,51-71H2,1-5H3/p+1/b17-15-,20-18-,23-21-,26-24-,29-28-,50-48-. The van der Waals surface area contributed by atoms with Crippen molar-refractivity contribution in [3.63, 3.8) is 0 Å². The summed E-state index contributed by atoms with van der Waals surface area (Å²) in [5.74, 6) is -2.01. The molecule has 0 aliphatic rings. The van der Waals surface area contributed by atoms with Crippen molar-refractivity contribution in [2.24, 2.45) is 0 Å². The summed E-state index contributed by atoms with van der Waals surface area (Å²) in [7, 11) is 5.98. The van der Waals surface area contributed by atoms with Crippen LogP contribution in [0.5, 0.6) is 0 Å². The summed E-state index contributed by atoms with van der Waals surface area (Å²) >= 11 is 0. The number of nitrogens with zero attached hydrogens (tertiary/aromatic N) is 1. The molecule has 0 aromatic rings. The predicted octanol–water partition coefficient (Wildman–Crippen LogP) is 22.5. The van der Waals surface area contributed by atoms with Gasteiger partial charge in [0.2, 0.25) is 0 Å². The van der Waals surface area contributed by atoms with Crippen LogP contribution in [0.3, 0.4) is 0 Å². The van der Waals surface area contributed by atoms with Crippen LogP contribution < -0.4 is 0 Å². The molecule has 0 saturated heterocycles. The molecule has 0 aliphatic carbocycles. The third kappa shape index (κ3) is 68.1. The lowest BCUT2D eigenvalue weighted by molar-refractivity contribution is -0.870. The van der Waals surface area contributed by atoms with Crippen LogP contribution in [0.1, 0.15) is 335 Å². The fraction of sp³-hybridized carbons (Fsp3) is 0.803. The van der Waals surface area contributed by atoms with Crippen molar-refractivity contribution in [1.29, 1.82) is 0 Å². The van der Waals surface area contributed by atoms with E-state index in [0.29, 0.717) is 11.0 Å². The van der Waals surface area contributed by atoms with Gasteiger partial charge in [-0.2, -0.15) is 0 Å². The Morgan fingerprint density at radius 2 is 0.635 bits per heavy atom. The molecule has 494 valence electrons. The Morgan fingerprint density at radius 3 is 0.965 bits per heavy atom. The number of rotatable bonds is 67. The third-order valence-electron chi connectivity index (χ3n) is 15.9. The van der Waals surface area contributed by atoms with Crippen LogP contribution in [0.15, 0.2) is 72.9 Å². The SMILES string of the molecule is CCCCC/C=C\C/C=C\C/C=C\CCCCCCCCC(=O)OCC(COC(OCC[N+](C)(C)C)C(=O)O)OC(=O)CCCCCCCCCCCCCCCCCCCCCCCCCCCC/C=C\C/C=C\C/C=C\CCCCCCC. The van der Waals surface area contributed by atoms with E-state index in [1.54, 1.807) is 0 Å². The van der Waals surface area contributed by atoms with E-state index >= 15 is 0 Å². The molecule has 0 radical (unpaired) electrons. The number of quaternary nitrogens is 1. The fourth-order valence-electron chi connectivity index (χ4n) is 10.4. The van der Waals surface area contributed by atoms with Crippen molar-refractivity contribution in [2.45, 2.75) is 347 Å². The molecule has 0 saturated carbocycles. The number of esters is 2. The lowest BCUT2D eigenvalue weighted by atomic mass is 10.0. The Bertz CT molecular complexity index is 1620. The number of ether oxygens (including phenoxy) is 4. The van der Waals surface area contributed by atoms with Crippen molar-refractivity contribution in [1.82, 2.24) is 0 Å². The van der Waals surface area contributed by atoms with Gasteiger partial charge in [-0.25, -0.2) is 4.79 Å². The zero-order valence-corrected chi connectivity index (χ0v) is 56.5. The average Bonchev–Trinajstić information content (AvgIpc) is 3.50. The largest absolute Gasteiger partial charge is 0.477 e. The minimum absolute atomic E-state index is 0.185. The number of aliphatic carboxylic acids is 1. The highest BCUT2D eigenvalue weighted by molar-refractivity contribution is 5.71. The van der Waals surface area contributed by atoms with Crippen LogP contribution >= 0.6 is 0 Å². The minimum Gasteiger partial charge on any atom is -0.477 e. The molecular formula is C76H138NO8+. The molecule has 9 nitrogen and oxygen atoms in total. The molecule has 0 aliphatic heterocycles. The van der Waals surface area contributed by atoms with Crippen LogP contribution in [-0.2, 0) is 33.3 Å². The van der Waals surface area contributed by atoms with Crippen molar-refractivity contribution in [3.05, 3.63) is 72.9 Å². The Kier molecular flexibility index (Phi) is 64.1. The number of carboxylic acids is 1. The molecule has 0 amide bonds. The zero-order chi connectivity index (χ0) is 61.9. The molecular weight excluding hydrogens is 1050 g/mol. The average molecular weight is 1190 g/mol. The first kappa shape index (κ1) is 81.7. The van der Waals surface area contributed by atoms with E-state index < -0.39 is 24.3 Å². The van der Waals surface area contributed by atoms with Crippen LogP contribution in [0.25, 0.3) is 0 Å². The molecule has 0 spiro atoms. The first-order chi connectivity index (χ1) is 41.6. The predicted molar refractivity (Wildman–Crippen MR) is 364 cm³/mol. The van der Waals surface area contributed by atoms with E-state index in [2.05, 4.69) is 86.8 Å². The van der Waals surface area contributed by atoms with Crippen LogP contribution in [0, 0.1) is 0 Å².